The normalized spacial score (nSPS) is 21.0. The Kier molecular flexibility index (Phi) is 3.42. The van der Waals surface area contributed by atoms with Gasteiger partial charge in [-0.3, -0.25) is 10.5 Å². The fourth-order valence-corrected chi connectivity index (χ4v) is 2.39. The number of halogens is 2. The van der Waals surface area contributed by atoms with Crippen molar-refractivity contribution in [2.75, 3.05) is 5.32 Å². The van der Waals surface area contributed by atoms with Crippen molar-refractivity contribution in [3.05, 3.63) is 64.6 Å². The maximum atomic E-state index is 14.0. The molecule has 1 aliphatic rings. The lowest BCUT2D eigenvalue weighted by Crippen LogP contribution is -2.41. The summed E-state index contributed by atoms with van der Waals surface area (Å²) in [7, 11) is 0. The standard InChI is InChI=1S/C15H12F2N3O2/c16-9-6-4-8(5-7-9)12-14(21)15(18)20(22)11-3-1-2-10(17)13(11)19-12/h1-7,12,15,19H,18H2/q+1. The topological polar surface area (TPSA) is 75.2 Å². The number of fused-ring (bicyclic) bond motifs is 1. The van der Waals surface area contributed by atoms with Gasteiger partial charge in [-0.2, -0.15) is 0 Å². The van der Waals surface area contributed by atoms with Gasteiger partial charge < -0.3 is 5.32 Å². The van der Waals surface area contributed by atoms with Crippen LogP contribution in [0.1, 0.15) is 11.6 Å². The van der Waals surface area contributed by atoms with Crippen molar-refractivity contribution in [3.63, 3.8) is 0 Å². The summed E-state index contributed by atoms with van der Waals surface area (Å²) in [4.78, 5) is 24.5. The molecule has 3 rings (SSSR count). The van der Waals surface area contributed by atoms with Crippen molar-refractivity contribution in [1.29, 1.82) is 0 Å². The predicted octanol–water partition coefficient (Wildman–Crippen LogP) is 2.40. The second-order valence-electron chi connectivity index (χ2n) is 4.94. The Balaban J connectivity index is 2.13. The van der Waals surface area contributed by atoms with Crippen LogP contribution in [0, 0.1) is 16.5 Å². The van der Waals surface area contributed by atoms with Gasteiger partial charge in [0.05, 0.1) is 4.76 Å². The van der Waals surface area contributed by atoms with E-state index in [1.165, 1.54) is 42.5 Å². The van der Waals surface area contributed by atoms with E-state index in [1.54, 1.807) is 0 Å². The zero-order valence-corrected chi connectivity index (χ0v) is 11.3. The zero-order chi connectivity index (χ0) is 15.9. The highest BCUT2D eigenvalue weighted by molar-refractivity contribution is 5.93. The second-order valence-corrected chi connectivity index (χ2v) is 4.94. The summed E-state index contributed by atoms with van der Waals surface area (Å²) in [6.45, 7) is 0. The number of ketones is 1. The van der Waals surface area contributed by atoms with E-state index in [9.17, 15) is 18.5 Å². The van der Waals surface area contributed by atoms with Crippen LogP contribution in [0.4, 0.5) is 20.2 Å². The predicted molar refractivity (Wildman–Crippen MR) is 75.4 cm³/mol. The average Bonchev–Trinajstić information content (AvgIpc) is 2.61. The highest BCUT2D eigenvalue weighted by Crippen LogP contribution is 2.35. The molecule has 0 saturated heterocycles. The van der Waals surface area contributed by atoms with E-state index in [0.29, 0.717) is 5.56 Å². The maximum Gasteiger partial charge on any atom is 0.320 e. The Bertz CT molecular complexity index is 762. The molecule has 0 fully saturated rings. The highest BCUT2D eigenvalue weighted by Gasteiger charge is 2.43. The van der Waals surface area contributed by atoms with Crippen LogP contribution in [0.5, 0.6) is 0 Å². The molecule has 5 nitrogen and oxygen atoms in total. The van der Waals surface area contributed by atoms with Gasteiger partial charge in [-0.05, 0) is 23.8 Å². The number of nitrogens with two attached hydrogens (primary N) is 1. The van der Waals surface area contributed by atoms with Crippen molar-refractivity contribution in [3.8, 4) is 0 Å². The van der Waals surface area contributed by atoms with E-state index < -0.39 is 29.6 Å². The van der Waals surface area contributed by atoms with E-state index in [0.717, 1.165) is 0 Å². The summed E-state index contributed by atoms with van der Waals surface area (Å²) in [6, 6.07) is 8.00. The van der Waals surface area contributed by atoms with E-state index in [2.05, 4.69) is 5.32 Å². The van der Waals surface area contributed by atoms with Gasteiger partial charge in [-0.25, -0.2) is 8.78 Å². The van der Waals surface area contributed by atoms with Crippen LogP contribution < -0.4 is 11.1 Å². The van der Waals surface area contributed by atoms with Crippen LogP contribution in [0.2, 0.25) is 0 Å². The van der Waals surface area contributed by atoms with Crippen LogP contribution in [0.3, 0.4) is 0 Å². The monoisotopic (exact) mass is 304 g/mol. The Morgan fingerprint density at radius 3 is 2.45 bits per heavy atom. The number of carbonyl (C=O) groups is 1. The molecule has 3 N–H and O–H groups in total. The van der Waals surface area contributed by atoms with Crippen molar-refractivity contribution >= 4 is 17.2 Å². The maximum absolute atomic E-state index is 14.0. The number of anilines is 1. The second kappa shape index (κ2) is 5.27. The molecule has 2 atom stereocenters. The molecule has 0 amide bonds. The lowest BCUT2D eigenvalue weighted by atomic mass is 10.0. The third-order valence-electron chi connectivity index (χ3n) is 3.55. The van der Waals surface area contributed by atoms with Crippen molar-refractivity contribution in [2.24, 2.45) is 5.73 Å². The molecule has 1 aliphatic heterocycles. The molecule has 1 heterocycles. The average molecular weight is 304 g/mol. The number of Topliss-reactive ketones (excluding diaryl/α,β-unsaturated/α-hetero) is 1. The minimum Gasteiger partial charge on any atom is -0.363 e. The van der Waals surface area contributed by atoms with E-state index in [-0.39, 0.29) is 16.1 Å². The largest absolute Gasteiger partial charge is 0.363 e. The summed E-state index contributed by atoms with van der Waals surface area (Å²) in [5.74, 6) is -1.77. The number of rotatable bonds is 1. The van der Waals surface area contributed by atoms with Crippen molar-refractivity contribution in [2.45, 2.75) is 12.2 Å². The van der Waals surface area contributed by atoms with Gasteiger partial charge in [0, 0.05) is 11.0 Å². The number of nitroso groups, excluding NO2 is 1. The molecule has 0 aliphatic carbocycles. The molecule has 112 valence electrons. The molecule has 22 heavy (non-hydrogen) atoms. The van der Waals surface area contributed by atoms with Gasteiger partial charge in [-0.15, -0.1) is 0 Å². The molecule has 7 heteroatoms. The Morgan fingerprint density at radius 2 is 1.77 bits per heavy atom. The van der Waals surface area contributed by atoms with Crippen LogP contribution in [0.15, 0.2) is 42.5 Å². The van der Waals surface area contributed by atoms with Gasteiger partial charge in [0.25, 0.3) is 5.69 Å². The Labute approximate surface area is 124 Å². The number of benzene rings is 2. The van der Waals surface area contributed by atoms with Crippen LogP contribution in [-0.2, 0) is 4.79 Å². The number of hydrogen-bond acceptors (Lipinski definition) is 4. The van der Waals surface area contributed by atoms with Gasteiger partial charge in [0.15, 0.2) is 5.82 Å². The minimum atomic E-state index is -1.48. The fraction of sp³-hybridized carbons (Fsp3) is 0.133. The van der Waals surface area contributed by atoms with Gasteiger partial charge >= 0.3 is 6.17 Å². The summed E-state index contributed by atoms with van der Waals surface area (Å²) < 4.78 is 27.3. The highest BCUT2D eigenvalue weighted by atomic mass is 19.1. The zero-order valence-electron chi connectivity index (χ0n) is 11.3. The van der Waals surface area contributed by atoms with Crippen molar-refractivity contribution < 1.29 is 18.3 Å². The van der Waals surface area contributed by atoms with E-state index >= 15 is 0 Å². The molecule has 0 radical (unpaired) electrons. The molecule has 0 spiro atoms. The number of para-hydroxylation sites is 1. The van der Waals surface area contributed by atoms with Gasteiger partial charge in [0.1, 0.15) is 17.5 Å². The Morgan fingerprint density at radius 1 is 1.09 bits per heavy atom. The first-order chi connectivity index (χ1) is 10.5. The number of carbonyl (C=O) groups excluding carboxylic acids is 1. The van der Waals surface area contributed by atoms with E-state index in [1.807, 2.05) is 0 Å². The lowest BCUT2D eigenvalue weighted by Gasteiger charge is -2.16. The Hall–Kier alpha value is -2.67. The van der Waals surface area contributed by atoms with Gasteiger partial charge in [-0.1, -0.05) is 18.2 Å². The minimum absolute atomic E-state index is 0.0505. The number of nitrogens with zero attached hydrogens (tertiary/aromatic N) is 1. The summed E-state index contributed by atoms with van der Waals surface area (Å²) in [5.41, 5.74) is 5.91. The first-order valence-electron chi connectivity index (χ1n) is 6.55. The molecule has 2 aromatic carbocycles. The smallest absolute Gasteiger partial charge is 0.320 e. The summed E-state index contributed by atoms with van der Waals surface area (Å²) >= 11 is 0. The molecule has 0 saturated carbocycles. The number of nitrogens with one attached hydrogen (secondary N) is 1. The van der Waals surface area contributed by atoms with Crippen LogP contribution in [0.25, 0.3) is 0 Å². The van der Waals surface area contributed by atoms with Crippen molar-refractivity contribution in [1.82, 2.24) is 0 Å². The third kappa shape index (κ3) is 2.25. The number of hydrogen-bond donors (Lipinski definition) is 2. The van der Waals surface area contributed by atoms with E-state index in [4.69, 9.17) is 5.73 Å². The summed E-state index contributed by atoms with van der Waals surface area (Å²) in [5, 5.41) is 2.71. The molecule has 0 aromatic heterocycles. The molecule has 2 unspecified atom stereocenters. The molecule has 2 aromatic rings. The molecular weight excluding hydrogens is 292 g/mol. The fourth-order valence-electron chi connectivity index (χ4n) is 2.39. The third-order valence-corrected chi connectivity index (χ3v) is 3.55. The molecule has 0 bridgehead atoms. The summed E-state index contributed by atoms with van der Waals surface area (Å²) in [6.07, 6.45) is -1.48. The van der Waals surface area contributed by atoms with Crippen LogP contribution in [-0.4, -0.2) is 16.7 Å². The van der Waals surface area contributed by atoms with Crippen LogP contribution >= 0.6 is 0 Å². The first-order valence-corrected chi connectivity index (χ1v) is 6.55. The first kappa shape index (κ1) is 14.3. The quantitative estimate of drug-likeness (QED) is 0.793. The lowest BCUT2D eigenvalue weighted by molar-refractivity contribution is -0.488. The van der Waals surface area contributed by atoms with Gasteiger partial charge in [0.2, 0.25) is 5.78 Å². The SMILES string of the molecule is NC1C(=O)C(c2ccc(F)cc2)Nc2c(F)cccc2[N+]1=O. The molecular formula is C15H12F2N3O2+.